The molecule has 0 bridgehead atoms. The van der Waals surface area contributed by atoms with Crippen LogP contribution < -0.4 is 10.1 Å². The molecule has 1 amide bonds. The fraction of sp³-hybridized carbons (Fsp3) is 0.176. The Hall–Kier alpha value is -3.29. The van der Waals surface area contributed by atoms with Gasteiger partial charge in [0.2, 0.25) is 0 Å². The third-order valence-electron chi connectivity index (χ3n) is 3.52. The molecular formula is C17H16FN5O2. The van der Waals surface area contributed by atoms with E-state index in [2.05, 4.69) is 20.8 Å². The first kappa shape index (κ1) is 16.6. The number of ether oxygens (including phenoxy) is 1. The lowest BCUT2D eigenvalue weighted by Gasteiger charge is -2.17. The Morgan fingerprint density at radius 1 is 1.24 bits per heavy atom. The third kappa shape index (κ3) is 3.97. The number of carbonyl (C=O) groups is 1. The normalized spacial score (nSPS) is 11.8. The van der Waals surface area contributed by atoms with Crippen molar-refractivity contribution < 1.29 is 13.9 Å². The van der Waals surface area contributed by atoms with E-state index in [9.17, 15) is 9.18 Å². The number of anilines is 1. The molecule has 0 fully saturated rings. The molecule has 1 heterocycles. The number of hydrogen-bond donors (Lipinski definition) is 1. The average molecular weight is 341 g/mol. The molecule has 2 aromatic carbocycles. The minimum absolute atomic E-state index is 0.0542. The molecule has 1 N–H and O–H groups in total. The van der Waals surface area contributed by atoms with Crippen LogP contribution in [-0.4, -0.2) is 32.2 Å². The Morgan fingerprint density at radius 3 is 2.64 bits per heavy atom. The minimum atomic E-state index is -0.795. The molecule has 25 heavy (non-hydrogen) atoms. The van der Waals surface area contributed by atoms with E-state index in [0.29, 0.717) is 12.1 Å². The van der Waals surface area contributed by atoms with Gasteiger partial charge >= 0.3 is 0 Å². The quantitative estimate of drug-likeness (QED) is 0.745. The summed E-state index contributed by atoms with van der Waals surface area (Å²) in [6.45, 7) is 1.80. The molecule has 0 aliphatic carbocycles. The van der Waals surface area contributed by atoms with Crippen LogP contribution in [0.3, 0.4) is 0 Å². The molecule has 7 nitrogen and oxygen atoms in total. The number of tetrazole rings is 1. The van der Waals surface area contributed by atoms with E-state index in [4.69, 9.17) is 4.74 Å². The van der Waals surface area contributed by atoms with Crippen molar-refractivity contribution in [3.63, 3.8) is 0 Å². The van der Waals surface area contributed by atoms with E-state index < -0.39 is 11.9 Å². The summed E-state index contributed by atoms with van der Waals surface area (Å²) in [6, 6.07) is 13.0. The number of nitrogens with one attached hydrogen (secondary N) is 1. The Morgan fingerprint density at radius 2 is 2.00 bits per heavy atom. The van der Waals surface area contributed by atoms with Crippen LogP contribution in [-0.2, 0) is 4.79 Å². The van der Waals surface area contributed by atoms with Crippen molar-refractivity contribution in [3.05, 3.63) is 60.7 Å². The summed E-state index contributed by atoms with van der Waals surface area (Å²) in [6.07, 6.45) is 1.09. The number of carbonyl (C=O) groups excluding carboxylic acids is 1. The van der Waals surface area contributed by atoms with E-state index in [1.54, 1.807) is 43.3 Å². The van der Waals surface area contributed by atoms with Crippen molar-refractivity contribution in [1.29, 1.82) is 0 Å². The summed E-state index contributed by atoms with van der Waals surface area (Å²) in [5, 5.41) is 13.7. The lowest BCUT2D eigenvalue weighted by atomic mass is 10.2. The largest absolute Gasteiger partial charge is 0.478 e. The highest BCUT2D eigenvalue weighted by molar-refractivity contribution is 5.94. The SMILES string of the molecule is CCC(Oc1ccccc1F)C(=O)Nc1ccc(-n2cnnn2)cc1. The predicted molar refractivity (Wildman–Crippen MR) is 88.9 cm³/mol. The van der Waals surface area contributed by atoms with Crippen molar-refractivity contribution in [2.45, 2.75) is 19.4 Å². The van der Waals surface area contributed by atoms with Crippen LogP contribution in [0.25, 0.3) is 5.69 Å². The number of benzene rings is 2. The molecule has 0 spiro atoms. The van der Waals surface area contributed by atoms with Crippen LogP contribution in [0.1, 0.15) is 13.3 Å². The third-order valence-corrected chi connectivity index (χ3v) is 3.52. The van der Waals surface area contributed by atoms with Gasteiger partial charge in [-0.2, -0.15) is 0 Å². The first-order chi connectivity index (χ1) is 12.2. The molecule has 3 aromatic rings. The van der Waals surface area contributed by atoms with E-state index >= 15 is 0 Å². The first-order valence-electron chi connectivity index (χ1n) is 7.73. The predicted octanol–water partition coefficient (Wildman–Crippen LogP) is 2.60. The molecule has 1 atom stereocenters. The second-order valence-corrected chi connectivity index (χ2v) is 5.24. The molecule has 3 rings (SSSR count). The lowest BCUT2D eigenvalue weighted by Crippen LogP contribution is -2.32. The summed E-state index contributed by atoms with van der Waals surface area (Å²) in [7, 11) is 0. The number of halogens is 1. The molecule has 0 saturated carbocycles. The summed E-state index contributed by atoms with van der Waals surface area (Å²) in [5.41, 5.74) is 1.36. The van der Waals surface area contributed by atoms with Gasteiger partial charge < -0.3 is 10.1 Å². The number of aromatic nitrogens is 4. The van der Waals surface area contributed by atoms with Crippen LogP contribution in [0.5, 0.6) is 5.75 Å². The molecule has 0 aliphatic rings. The highest BCUT2D eigenvalue weighted by atomic mass is 19.1. The maximum atomic E-state index is 13.7. The van der Waals surface area contributed by atoms with Gasteiger partial charge in [-0.05, 0) is 53.2 Å². The smallest absolute Gasteiger partial charge is 0.265 e. The molecule has 8 heteroatoms. The van der Waals surface area contributed by atoms with Gasteiger partial charge in [0.05, 0.1) is 5.69 Å². The Labute approximate surface area is 143 Å². The summed E-state index contributed by atoms with van der Waals surface area (Å²) >= 11 is 0. The second kappa shape index (κ2) is 7.52. The van der Waals surface area contributed by atoms with Gasteiger partial charge in [0, 0.05) is 5.69 Å². The van der Waals surface area contributed by atoms with Gasteiger partial charge in [-0.1, -0.05) is 19.1 Å². The summed E-state index contributed by atoms with van der Waals surface area (Å²) in [5.74, 6) is -0.793. The van der Waals surface area contributed by atoms with E-state index in [1.165, 1.54) is 23.1 Å². The number of para-hydroxylation sites is 1. The molecule has 0 aliphatic heterocycles. The van der Waals surface area contributed by atoms with Gasteiger partial charge in [-0.15, -0.1) is 5.10 Å². The maximum absolute atomic E-state index is 13.7. The Bertz CT molecular complexity index is 837. The lowest BCUT2D eigenvalue weighted by molar-refractivity contribution is -0.122. The molecular weight excluding hydrogens is 325 g/mol. The molecule has 128 valence electrons. The molecule has 1 unspecified atom stereocenters. The van der Waals surface area contributed by atoms with Crippen molar-refractivity contribution in [1.82, 2.24) is 20.2 Å². The zero-order valence-electron chi connectivity index (χ0n) is 13.5. The first-order valence-corrected chi connectivity index (χ1v) is 7.73. The van der Waals surface area contributed by atoms with Gasteiger partial charge in [0.25, 0.3) is 5.91 Å². The van der Waals surface area contributed by atoms with Crippen LogP contribution in [0.2, 0.25) is 0 Å². The highest BCUT2D eigenvalue weighted by Gasteiger charge is 2.20. The highest BCUT2D eigenvalue weighted by Crippen LogP contribution is 2.19. The standard InChI is InChI=1S/C17H16FN5O2/c1-2-15(25-16-6-4-3-5-14(16)18)17(24)20-12-7-9-13(10-8-12)23-11-19-21-22-23/h3-11,15H,2H2,1H3,(H,20,24). The number of hydrogen-bond acceptors (Lipinski definition) is 5. The van der Waals surface area contributed by atoms with Crippen LogP contribution in [0.4, 0.5) is 10.1 Å². The maximum Gasteiger partial charge on any atom is 0.265 e. The topological polar surface area (TPSA) is 81.9 Å². The van der Waals surface area contributed by atoms with E-state index in [0.717, 1.165) is 5.69 Å². The zero-order chi connectivity index (χ0) is 17.6. The average Bonchev–Trinajstić information content (AvgIpc) is 3.16. The van der Waals surface area contributed by atoms with Crippen LogP contribution >= 0.6 is 0 Å². The molecule has 0 radical (unpaired) electrons. The number of amides is 1. The summed E-state index contributed by atoms with van der Waals surface area (Å²) < 4.78 is 20.7. The van der Waals surface area contributed by atoms with Gasteiger partial charge in [-0.25, -0.2) is 9.07 Å². The second-order valence-electron chi connectivity index (χ2n) is 5.24. The van der Waals surface area contributed by atoms with Gasteiger partial charge in [0.15, 0.2) is 17.7 Å². The number of rotatable bonds is 6. The van der Waals surface area contributed by atoms with Crippen molar-refractivity contribution >= 4 is 11.6 Å². The van der Waals surface area contributed by atoms with Crippen molar-refractivity contribution in [3.8, 4) is 11.4 Å². The monoisotopic (exact) mass is 341 g/mol. The Kier molecular flexibility index (Phi) is 4.98. The van der Waals surface area contributed by atoms with Gasteiger partial charge in [0.1, 0.15) is 6.33 Å². The van der Waals surface area contributed by atoms with Crippen LogP contribution in [0.15, 0.2) is 54.9 Å². The van der Waals surface area contributed by atoms with Crippen LogP contribution in [0, 0.1) is 5.82 Å². The minimum Gasteiger partial charge on any atom is -0.478 e. The van der Waals surface area contributed by atoms with Gasteiger partial charge in [-0.3, -0.25) is 4.79 Å². The Balaban J connectivity index is 1.66. The zero-order valence-corrected chi connectivity index (χ0v) is 13.5. The number of nitrogens with zero attached hydrogens (tertiary/aromatic N) is 4. The molecule has 0 saturated heterocycles. The van der Waals surface area contributed by atoms with Crippen molar-refractivity contribution in [2.75, 3.05) is 5.32 Å². The fourth-order valence-electron chi connectivity index (χ4n) is 2.22. The van der Waals surface area contributed by atoms with E-state index in [-0.39, 0.29) is 11.7 Å². The van der Waals surface area contributed by atoms with E-state index in [1.807, 2.05) is 0 Å². The summed E-state index contributed by atoms with van der Waals surface area (Å²) in [4.78, 5) is 12.4. The fourth-order valence-corrected chi connectivity index (χ4v) is 2.22. The van der Waals surface area contributed by atoms with Crippen molar-refractivity contribution in [2.24, 2.45) is 0 Å². The molecule has 1 aromatic heterocycles.